The van der Waals surface area contributed by atoms with Crippen molar-refractivity contribution in [3.63, 3.8) is 0 Å². The predicted octanol–water partition coefficient (Wildman–Crippen LogP) is 4.00. The number of hydrogen-bond donors (Lipinski definition) is 0. The van der Waals surface area contributed by atoms with E-state index in [9.17, 15) is 9.59 Å². The van der Waals surface area contributed by atoms with Crippen molar-refractivity contribution in [2.75, 3.05) is 0 Å². The molecule has 0 amide bonds. The molecule has 0 spiro atoms. The average molecular weight is 310 g/mol. The standard InChI is InChI=1S/C10H11O.C7H7O.Fe/c1-8(7-9(2)11)10-5-3-4-6-10;1-6(8)7-4-2-3-5-7;/h3-7H,1-2H3;2-5H,1H3;/q-1;-5;. The fraction of sp³-hybridized carbons (Fsp3) is 0.176. The van der Waals surface area contributed by atoms with Gasteiger partial charge in [0.15, 0.2) is 0 Å². The predicted molar refractivity (Wildman–Crippen MR) is 78.4 cm³/mol. The smallest absolute Gasteiger partial charge is 0.113 e. The maximum absolute atomic E-state index is 10.7. The molecule has 2 nitrogen and oxygen atoms in total. The van der Waals surface area contributed by atoms with E-state index in [1.54, 1.807) is 19.9 Å². The van der Waals surface area contributed by atoms with Crippen LogP contribution in [0, 0.1) is 0 Å². The van der Waals surface area contributed by atoms with E-state index < -0.39 is 0 Å². The molecule has 112 valence electrons. The summed E-state index contributed by atoms with van der Waals surface area (Å²) in [5.41, 5.74) is 2.95. The summed E-state index contributed by atoms with van der Waals surface area (Å²) in [6.07, 6.45) is 1.65. The van der Waals surface area contributed by atoms with Crippen LogP contribution in [0.1, 0.15) is 36.7 Å². The Morgan fingerprint density at radius 1 is 1.00 bits per heavy atom. The molecule has 0 aliphatic heterocycles. The van der Waals surface area contributed by atoms with E-state index in [2.05, 4.69) is 0 Å². The largest absolute Gasteiger partial charge is 0.718 e. The zero-order valence-corrected chi connectivity index (χ0v) is 13.0. The molecule has 0 saturated carbocycles. The summed E-state index contributed by atoms with van der Waals surface area (Å²) < 4.78 is 0. The van der Waals surface area contributed by atoms with Crippen LogP contribution in [0.2, 0.25) is 0 Å². The van der Waals surface area contributed by atoms with Gasteiger partial charge < -0.3 is 39.4 Å². The molecule has 0 aliphatic rings. The van der Waals surface area contributed by atoms with Crippen LogP contribution < -0.4 is 0 Å². The topological polar surface area (TPSA) is 34.1 Å². The summed E-state index contributed by atoms with van der Waals surface area (Å²) in [5, 5.41) is 0. The van der Waals surface area contributed by atoms with Crippen molar-refractivity contribution in [3.8, 4) is 0 Å². The van der Waals surface area contributed by atoms with E-state index in [4.69, 9.17) is 0 Å². The van der Waals surface area contributed by atoms with Gasteiger partial charge in [-0.1, -0.05) is 13.0 Å². The van der Waals surface area contributed by atoms with Crippen LogP contribution in [-0.4, -0.2) is 11.6 Å². The minimum absolute atomic E-state index is 0. The van der Waals surface area contributed by atoms with Crippen LogP contribution in [0.3, 0.4) is 0 Å². The third-order valence-corrected chi connectivity index (χ3v) is 2.61. The maximum Gasteiger partial charge on any atom is 0.113 e. The molecule has 0 unspecified atom stereocenters. The van der Waals surface area contributed by atoms with Crippen LogP contribution in [0.4, 0.5) is 0 Å². The Bertz CT molecular complexity index is 546. The van der Waals surface area contributed by atoms with Crippen molar-refractivity contribution >= 4 is 17.1 Å². The van der Waals surface area contributed by atoms with Gasteiger partial charge in [-0.2, -0.15) is 12.1 Å². The molecule has 0 bridgehead atoms. The molecule has 2 rings (SSSR count). The first-order chi connectivity index (χ1) is 9.00. The molecule has 20 heavy (non-hydrogen) atoms. The first kappa shape index (κ1) is 18.3. The number of Topliss-reactive ketones (excluding diaryl/α,β-unsaturated/α-hetero) is 1. The van der Waals surface area contributed by atoms with Crippen molar-refractivity contribution in [2.24, 2.45) is 0 Å². The summed E-state index contributed by atoms with van der Waals surface area (Å²) in [7, 11) is 0. The zero-order valence-electron chi connectivity index (χ0n) is 11.9. The quantitative estimate of drug-likeness (QED) is 0.371. The minimum Gasteiger partial charge on any atom is -0.718 e. The van der Waals surface area contributed by atoms with E-state index in [0.717, 1.165) is 16.7 Å². The van der Waals surface area contributed by atoms with Gasteiger partial charge >= 0.3 is 0 Å². The average Bonchev–Trinajstić information content (AvgIpc) is 3.03. The number of carbonyl (C=O) groups is 2. The first-order valence-electron chi connectivity index (χ1n) is 6.14. The van der Waals surface area contributed by atoms with Gasteiger partial charge in [-0.25, -0.2) is 0 Å². The molecule has 2 aromatic rings. The Morgan fingerprint density at radius 2 is 1.50 bits per heavy atom. The SMILES string of the molecule is CC(=O)C=C(C)[c-]1cccc1.CC(=O)[c-]1[cH-][cH-][cH-][cH-]1.[Fe]. The van der Waals surface area contributed by atoms with E-state index in [1.165, 1.54) is 0 Å². The summed E-state index contributed by atoms with van der Waals surface area (Å²) in [6.45, 7) is 5.07. The van der Waals surface area contributed by atoms with Gasteiger partial charge in [0.1, 0.15) is 5.78 Å². The minimum atomic E-state index is 0. The number of allylic oxidation sites excluding steroid dienone is 2. The van der Waals surface area contributed by atoms with E-state index in [1.807, 2.05) is 55.5 Å². The Morgan fingerprint density at radius 3 is 1.85 bits per heavy atom. The van der Waals surface area contributed by atoms with Gasteiger partial charge in [0.2, 0.25) is 0 Å². The first-order valence-corrected chi connectivity index (χ1v) is 6.14. The molecule has 0 fully saturated rings. The molecule has 0 N–H and O–H groups in total. The molecule has 3 heteroatoms. The van der Waals surface area contributed by atoms with Crippen molar-refractivity contribution < 1.29 is 26.7 Å². The second kappa shape index (κ2) is 9.24. The van der Waals surface area contributed by atoms with Crippen molar-refractivity contribution in [2.45, 2.75) is 20.8 Å². The van der Waals surface area contributed by atoms with E-state index in [-0.39, 0.29) is 28.6 Å². The number of carbonyl (C=O) groups excluding carboxylic acids is 2. The number of ketones is 2. The third kappa shape index (κ3) is 6.46. The second-order valence-corrected chi connectivity index (χ2v) is 4.34. The van der Waals surface area contributed by atoms with Gasteiger partial charge in [0.05, 0.1) is 0 Å². The van der Waals surface area contributed by atoms with Gasteiger partial charge in [-0.3, -0.25) is 5.78 Å². The number of rotatable bonds is 3. The van der Waals surface area contributed by atoms with Gasteiger partial charge in [-0.05, 0) is 6.92 Å². The maximum atomic E-state index is 10.7. The van der Waals surface area contributed by atoms with Crippen molar-refractivity contribution in [1.29, 1.82) is 0 Å². The fourth-order valence-corrected chi connectivity index (χ4v) is 1.63. The van der Waals surface area contributed by atoms with E-state index in [0.29, 0.717) is 0 Å². The monoisotopic (exact) mass is 310 g/mol. The van der Waals surface area contributed by atoms with Gasteiger partial charge in [0.25, 0.3) is 0 Å². The van der Waals surface area contributed by atoms with Crippen molar-refractivity contribution in [3.05, 3.63) is 65.7 Å². The van der Waals surface area contributed by atoms with E-state index >= 15 is 0 Å². The van der Waals surface area contributed by atoms with Crippen LogP contribution in [0.25, 0.3) is 5.57 Å². The second-order valence-electron chi connectivity index (χ2n) is 4.34. The molecule has 0 aliphatic carbocycles. The number of hydrogen-bond acceptors (Lipinski definition) is 2. The molecule has 0 aromatic heterocycles. The van der Waals surface area contributed by atoms with Gasteiger partial charge in [0, 0.05) is 17.1 Å². The molecule has 2 aromatic carbocycles. The van der Waals surface area contributed by atoms with Crippen LogP contribution in [-0.2, 0) is 21.9 Å². The Labute approximate surface area is 130 Å². The third-order valence-electron chi connectivity index (χ3n) is 2.61. The summed E-state index contributed by atoms with van der Waals surface area (Å²) in [4.78, 5) is 21.2. The summed E-state index contributed by atoms with van der Waals surface area (Å²) in [6, 6.07) is 15.3. The van der Waals surface area contributed by atoms with Crippen LogP contribution >= 0.6 is 0 Å². The Hall–Kier alpha value is -1.70. The van der Waals surface area contributed by atoms with Crippen LogP contribution in [0.15, 0.2) is 54.6 Å². The Balaban J connectivity index is 0.000000359. The molecule has 0 radical (unpaired) electrons. The van der Waals surface area contributed by atoms with Gasteiger partial charge in [-0.15, -0.1) is 30.2 Å². The summed E-state index contributed by atoms with van der Waals surface area (Å²) >= 11 is 0. The molecular weight excluding hydrogens is 292 g/mol. The summed E-state index contributed by atoms with van der Waals surface area (Å²) in [5.74, 6) is 0.235. The normalized spacial score (nSPS) is 10.1. The van der Waals surface area contributed by atoms with Crippen LogP contribution in [0.5, 0.6) is 0 Å². The Kier molecular flexibility index (Phi) is 8.46. The zero-order chi connectivity index (χ0) is 14.3. The molecular formula is C17H18FeO2-6. The fourth-order valence-electron chi connectivity index (χ4n) is 1.63. The van der Waals surface area contributed by atoms with Crippen molar-refractivity contribution in [1.82, 2.24) is 0 Å². The molecule has 0 heterocycles. The molecule has 0 saturated heterocycles. The molecule has 0 atom stereocenters.